The van der Waals surface area contributed by atoms with E-state index < -0.39 is 0 Å². The third-order valence-electron chi connectivity index (χ3n) is 4.22. The standard InChI is InChI=1S/C15H20N2.C8H12/c1-5-9-17(6-2)11-13(4)14-8-7-12(3)10-15(14)16;1-2-8-6-4-3-5-7-8/h2,5,7-10,13H,11,16H2,1,3-4H3;4,6-7H,2-3,5H2,1H3/b9-5-;. The zero-order valence-corrected chi connectivity index (χ0v) is 16.1. The van der Waals surface area contributed by atoms with E-state index in [0.29, 0.717) is 5.92 Å². The van der Waals surface area contributed by atoms with Gasteiger partial charge in [0.2, 0.25) is 0 Å². The fourth-order valence-electron chi connectivity index (χ4n) is 2.80. The van der Waals surface area contributed by atoms with E-state index in [9.17, 15) is 0 Å². The van der Waals surface area contributed by atoms with Gasteiger partial charge in [-0.1, -0.05) is 62.3 Å². The van der Waals surface area contributed by atoms with E-state index in [1.807, 2.05) is 37.1 Å². The van der Waals surface area contributed by atoms with E-state index in [1.165, 1.54) is 30.4 Å². The number of nitrogens with two attached hydrogens (primary N) is 1. The van der Waals surface area contributed by atoms with Crippen LogP contribution in [-0.4, -0.2) is 11.4 Å². The number of rotatable bonds is 5. The zero-order valence-electron chi connectivity index (χ0n) is 16.1. The van der Waals surface area contributed by atoms with E-state index in [-0.39, 0.29) is 0 Å². The normalized spacial score (nSPS) is 14.3. The predicted octanol–water partition coefficient (Wildman–Crippen LogP) is 5.78. The lowest BCUT2D eigenvalue weighted by Crippen LogP contribution is -2.18. The number of terminal acetylenes is 1. The number of hydrogen-bond donors (Lipinski definition) is 1. The molecule has 0 radical (unpaired) electrons. The van der Waals surface area contributed by atoms with Crippen LogP contribution in [0.2, 0.25) is 0 Å². The van der Waals surface area contributed by atoms with Gasteiger partial charge in [-0.3, -0.25) is 0 Å². The Labute approximate surface area is 154 Å². The second-order valence-corrected chi connectivity index (χ2v) is 6.41. The van der Waals surface area contributed by atoms with Crippen LogP contribution < -0.4 is 5.73 Å². The van der Waals surface area contributed by atoms with Crippen LogP contribution in [0, 0.1) is 19.4 Å². The Bertz CT molecular complexity index is 659. The van der Waals surface area contributed by atoms with Crippen molar-refractivity contribution >= 4 is 5.69 Å². The molecule has 0 saturated carbocycles. The molecule has 0 amide bonds. The van der Waals surface area contributed by atoms with Crippen LogP contribution >= 0.6 is 0 Å². The highest BCUT2D eigenvalue weighted by molar-refractivity contribution is 5.50. The van der Waals surface area contributed by atoms with Crippen molar-refractivity contribution in [3.8, 4) is 12.5 Å². The van der Waals surface area contributed by atoms with Crippen LogP contribution in [0.4, 0.5) is 5.69 Å². The fourth-order valence-corrected chi connectivity index (χ4v) is 2.80. The third kappa shape index (κ3) is 7.35. The van der Waals surface area contributed by atoms with Crippen LogP contribution in [0.1, 0.15) is 57.1 Å². The van der Waals surface area contributed by atoms with Gasteiger partial charge < -0.3 is 10.6 Å². The summed E-state index contributed by atoms with van der Waals surface area (Å²) in [4.78, 5) is 1.84. The van der Waals surface area contributed by atoms with Gasteiger partial charge in [0.15, 0.2) is 0 Å². The molecule has 2 rings (SSSR count). The number of allylic oxidation sites excluding steroid dienone is 5. The Balaban J connectivity index is 0.000000324. The first-order valence-electron chi connectivity index (χ1n) is 9.09. The second kappa shape index (κ2) is 11.2. The van der Waals surface area contributed by atoms with Gasteiger partial charge in [-0.15, -0.1) is 0 Å². The first-order chi connectivity index (χ1) is 12.0. The third-order valence-corrected chi connectivity index (χ3v) is 4.22. The van der Waals surface area contributed by atoms with Crippen LogP contribution in [0.3, 0.4) is 0 Å². The van der Waals surface area contributed by atoms with Gasteiger partial charge in [0.25, 0.3) is 0 Å². The average Bonchev–Trinajstić information content (AvgIpc) is 2.62. The lowest BCUT2D eigenvalue weighted by atomic mass is 9.97. The van der Waals surface area contributed by atoms with E-state index in [2.05, 4.69) is 50.3 Å². The minimum Gasteiger partial charge on any atom is -0.398 e. The van der Waals surface area contributed by atoms with E-state index >= 15 is 0 Å². The minimum absolute atomic E-state index is 0.308. The Morgan fingerprint density at radius 3 is 2.60 bits per heavy atom. The molecule has 1 aromatic carbocycles. The lowest BCUT2D eigenvalue weighted by molar-refractivity contribution is 0.487. The molecule has 1 aliphatic carbocycles. The molecule has 0 spiro atoms. The monoisotopic (exact) mass is 336 g/mol. The summed E-state index contributed by atoms with van der Waals surface area (Å²) in [5.41, 5.74) is 10.7. The molecule has 0 bridgehead atoms. The molecular formula is C23H32N2. The smallest absolute Gasteiger partial charge is 0.0375 e. The minimum atomic E-state index is 0.308. The van der Waals surface area contributed by atoms with Gasteiger partial charge >= 0.3 is 0 Å². The first kappa shape index (κ1) is 20.6. The highest BCUT2D eigenvalue weighted by Crippen LogP contribution is 2.24. The van der Waals surface area contributed by atoms with Crippen LogP contribution in [0.5, 0.6) is 0 Å². The van der Waals surface area contributed by atoms with E-state index in [4.69, 9.17) is 12.2 Å². The molecule has 0 heterocycles. The Morgan fingerprint density at radius 2 is 2.12 bits per heavy atom. The van der Waals surface area contributed by atoms with Gasteiger partial charge in [0, 0.05) is 30.4 Å². The Morgan fingerprint density at radius 1 is 1.36 bits per heavy atom. The van der Waals surface area contributed by atoms with Crippen molar-refractivity contribution in [3.05, 3.63) is 65.4 Å². The molecule has 134 valence electrons. The number of benzene rings is 1. The number of nitrogen functional groups attached to an aromatic ring is 1. The molecule has 0 aliphatic heterocycles. The molecule has 2 nitrogen and oxygen atoms in total. The maximum atomic E-state index is 6.03. The molecular weight excluding hydrogens is 304 g/mol. The maximum Gasteiger partial charge on any atom is 0.0375 e. The summed E-state index contributed by atoms with van der Waals surface area (Å²) >= 11 is 0. The highest BCUT2D eigenvalue weighted by atomic mass is 15.1. The molecule has 2 N–H and O–H groups in total. The summed E-state index contributed by atoms with van der Waals surface area (Å²) < 4.78 is 0. The van der Waals surface area contributed by atoms with Gasteiger partial charge in [-0.25, -0.2) is 0 Å². The molecule has 0 fully saturated rings. The fraction of sp³-hybridized carbons (Fsp3) is 0.391. The largest absolute Gasteiger partial charge is 0.398 e. The van der Waals surface area contributed by atoms with Crippen LogP contribution in [-0.2, 0) is 0 Å². The maximum absolute atomic E-state index is 6.03. The van der Waals surface area contributed by atoms with Gasteiger partial charge in [0.05, 0.1) is 0 Å². The van der Waals surface area contributed by atoms with Crippen LogP contribution in [0.25, 0.3) is 0 Å². The Hall–Kier alpha value is -2.40. The summed E-state index contributed by atoms with van der Waals surface area (Å²) in [7, 11) is 0. The first-order valence-corrected chi connectivity index (χ1v) is 9.09. The quantitative estimate of drug-likeness (QED) is 0.419. The van der Waals surface area contributed by atoms with Crippen molar-refractivity contribution in [2.45, 2.75) is 52.9 Å². The van der Waals surface area contributed by atoms with Crippen molar-refractivity contribution in [2.24, 2.45) is 0 Å². The van der Waals surface area contributed by atoms with Crippen molar-refractivity contribution in [1.29, 1.82) is 0 Å². The summed E-state index contributed by atoms with van der Waals surface area (Å²) in [6.45, 7) is 9.10. The molecule has 1 atom stereocenters. The average molecular weight is 337 g/mol. The van der Waals surface area contributed by atoms with Crippen molar-refractivity contribution in [3.63, 3.8) is 0 Å². The molecule has 1 aliphatic rings. The van der Waals surface area contributed by atoms with Gasteiger partial charge in [0.1, 0.15) is 0 Å². The predicted molar refractivity (Wildman–Crippen MR) is 111 cm³/mol. The molecule has 25 heavy (non-hydrogen) atoms. The number of aryl methyl sites for hydroxylation is 1. The topological polar surface area (TPSA) is 29.3 Å². The number of anilines is 1. The van der Waals surface area contributed by atoms with E-state index in [0.717, 1.165) is 17.8 Å². The highest BCUT2D eigenvalue weighted by Gasteiger charge is 2.11. The second-order valence-electron chi connectivity index (χ2n) is 6.41. The zero-order chi connectivity index (χ0) is 18.7. The number of hydrogen-bond acceptors (Lipinski definition) is 2. The summed E-state index contributed by atoms with van der Waals surface area (Å²) in [5, 5.41) is 0. The van der Waals surface area contributed by atoms with Crippen molar-refractivity contribution in [1.82, 2.24) is 4.90 Å². The summed E-state index contributed by atoms with van der Waals surface area (Å²) in [6.07, 6.45) is 19.8. The molecule has 2 heteroatoms. The summed E-state index contributed by atoms with van der Waals surface area (Å²) in [5.74, 6) is 0.308. The van der Waals surface area contributed by atoms with Crippen LogP contribution in [0.15, 0.2) is 54.3 Å². The molecule has 1 aromatic rings. The van der Waals surface area contributed by atoms with Gasteiger partial charge in [-0.05, 0) is 50.3 Å². The summed E-state index contributed by atoms with van der Waals surface area (Å²) in [6, 6.07) is 8.81. The number of nitrogens with zero attached hydrogens (tertiary/aromatic N) is 1. The lowest BCUT2D eigenvalue weighted by Gasteiger charge is -2.20. The molecule has 0 saturated heterocycles. The van der Waals surface area contributed by atoms with E-state index in [1.54, 1.807) is 0 Å². The molecule has 1 unspecified atom stereocenters. The Kier molecular flexibility index (Phi) is 9.25. The SMILES string of the molecule is C#CN(/C=C\C)CC(C)c1ccc(C)cc1N.CCC1=CCCC=C1. The van der Waals surface area contributed by atoms with Crippen molar-refractivity contribution in [2.75, 3.05) is 12.3 Å². The molecule has 0 aromatic heterocycles. The van der Waals surface area contributed by atoms with Gasteiger partial charge in [-0.2, -0.15) is 0 Å². The van der Waals surface area contributed by atoms with Crippen molar-refractivity contribution < 1.29 is 0 Å².